The summed E-state index contributed by atoms with van der Waals surface area (Å²) in [6, 6.07) is 7.40. The highest BCUT2D eigenvalue weighted by Crippen LogP contribution is 2.33. The first-order chi connectivity index (χ1) is 13.6. The molecular weight excluding hydrogens is 360 g/mol. The van der Waals surface area contributed by atoms with Crippen molar-refractivity contribution in [1.29, 1.82) is 0 Å². The number of hydrogen-bond donors (Lipinski definition) is 2. The van der Waals surface area contributed by atoms with Crippen LogP contribution in [0.15, 0.2) is 24.3 Å². The smallest absolute Gasteiger partial charge is 0.265 e. The number of likely N-dealkylation sites (N-methyl/N-ethyl adjacent to an activating group) is 1. The summed E-state index contributed by atoms with van der Waals surface area (Å²) in [5.41, 5.74) is 0.776. The van der Waals surface area contributed by atoms with Crippen LogP contribution in [0.1, 0.15) is 26.2 Å². The second-order valence-electron chi connectivity index (χ2n) is 7.07. The average molecular weight is 388 g/mol. The minimum absolute atomic E-state index is 0.0260. The van der Waals surface area contributed by atoms with Gasteiger partial charge in [0.2, 0.25) is 11.8 Å². The van der Waals surface area contributed by atoms with Gasteiger partial charge in [0, 0.05) is 19.6 Å². The normalized spacial score (nSPS) is 18.7. The Labute approximate surface area is 165 Å². The van der Waals surface area contributed by atoms with Gasteiger partial charge in [0.15, 0.2) is 6.10 Å². The van der Waals surface area contributed by atoms with Crippen LogP contribution in [-0.4, -0.2) is 68.0 Å². The molecule has 2 aliphatic rings. The summed E-state index contributed by atoms with van der Waals surface area (Å²) in [5.74, 6) is 0.0751. The Morgan fingerprint density at radius 3 is 2.57 bits per heavy atom. The van der Waals surface area contributed by atoms with Crippen molar-refractivity contribution in [2.45, 2.75) is 32.3 Å². The Kier molecular flexibility index (Phi) is 6.73. The van der Waals surface area contributed by atoms with Crippen LogP contribution in [0.5, 0.6) is 5.75 Å². The van der Waals surface area contributed by atoms with Crippen molar-refractivity contribution in [3.63, 3.8) is 0 Å². The number of benzene rings is 1. The first kappa shape index (κ1) is 20.0. The third-order valence-corrected chi connectivity index (χ3v) is 4.96. The van der Waals surface area contributed by atoms with E-state index in [1.54, 1.807) is 0 Å². The molecule has 152 valence electrons. The summed E-state index contributed by atoms with van der Waals surface area (Å²) in [6.45, 7) is 4.16. The van der Waals surface area contributed by atoms with Crippen LogP contribution in [0.3, 0.4) is 0 Å². The molecule has 28 heavy (non-hydrogen) atoms. The Morgan fingerprint density at radius 1 is 1.07 bits per heavy atom. The molecule has 3 amide bonds. The van der Waals surface area contributed by atoms with E-state index in [9.17, 15) is 14.4 Å². The molecule has 0 radical (unpaired) electrons. The fourth-order valence-electron chi connectivity index (χ4n) is 3.57. The van der Waals surface area contributed by atoms with Crippen molar-refractivity contribution in [3.05, 3.63) is 24.3 Å². The molecule has 1 aromatic carbocycles. The summed E-state index contributed by atoms with van der Waals surface area (Å²) in [6.07, 6.45) is 2.54. The van der Waals surface area contributed by atoms with Gasteiger partial charge in [-0.05, 0) is 38.3 Å². The van der Waals surface area contributed by atoms with E-state index < -0.39 is 6.10 Å². The molecule has 8 nitrogen and oxygen atoms in total. The molecule has 1 aromatic rings. The van der Waals surface area contributed by atoms with E-state index in [2.05, 4.69) is 10.6 Å². The lowest BCUT2D eigenvalue weighted by Gasteiger charge is -2.38. The molecule has 2 heterocycles. The maximum absolute atomic E-state index is 12.9. The van der Waals surface area contributed by atoms with E-state index in [0.29, 0.717) is 18.8 Å². The molecule has 0 unspecified atom stereocenters. The van der Waals surface area contributed by atoms with Gasteiger partial charge in [0.05, 0.1) is 25.3 Å². The molecule has 2 aliphatic heterocycles. The molecule has 8 heteroatoms. The Balaban J connectivity index is 1.66. The highest BCUT2D eigenvalue weighted by Gasteiger charge is 2.34. The zero-order valence-electron chi connectivity index (χ0n) is 16.3. The fourth-order valence-corrected chi connectivity index (χ4v) is 3.57. The van der Waals surface area contributed by atoms with Gasteiger partial charge in [-0.2, -0.15) is 0 Å². The SMILES string of the molecule is CCNC(=O)CNC(=O)CN1C[C@H](C(=O)N2CCCCC2)Oc2ccccc21. The first-order valence-electron chi connectivity index (χ1n) is 9.91. The Hall–Kier alpha value is -2.77. The largest absolute Gasteiger partial charge is 0.477 e. The van der Waals surface area contributed by atoms with Gasteiger partial charge >= 0.3 is 0 Å². The lowest BCUT2D eigenvalue weighted by Crippen LogP contribution is -2.53. The van der Waals surface area contributed by atoms with Crippen LogP contribution in [0, 0.1) is 0 Å². The highest BCUT2D eigenvalue weighted by molar-refractivity contribution is 5.88. The summed E-state index contributed by atoms with van der Waals surface area (Å²) < 4.78 is 5.96. The number of ether oxygens (including phenoxy) is 1. The molecule has 2 N–H and O–H groups in total. The number of piperidine rings is 1. The molecule has 1 atom stereocenters. The van der Waals surface area contributed by atoms with Crippen LogP contribution in [-0.2, 0) is 14.4 Å². The number of fused-ring (bicyclic) bond motifs is 1. The number of nitrogens with zero attached hydrogens (tertiary/aromatic N) is 2. The Bertz CT molecular complexity index is 718. The molecule has 0 saturated carbocycles. The van der Waals surface area contributed by atoms with Gasteiger partial charge in [0.1, 0.15) is 5.75 Å². The number of rotatable bonds is 6. The number of para-hydroxylation sites is 2. The van der Waals surface area contributed by atoms with Crippen molar-refractivity contribution in [1.82, 2.24) is 15.5 Å². The maximum Gasteiger partial charge on any atom is 0.265 e. The van der Waals surface area contributed by atoms with Crippen LogP contribution >= 0.6 is 0 Å². The number of amides is 3. The first-order valence-corrected chi connectivity index (χ1v) is 9.91. The van der Waals surface area contributed by atoms with Crippen molar-refractivity contribution in [2.24, 2.45) is 0 Å². The molecule has 1 fully saturated rings. The van der Waals surface area contributed by atoms with Crippen LogP contribution in [0.4, 0.5) is 5.69 Å². The van der Waals surface area contributed by atoms with Gasteiger partial charge < -0.3 is 25.2 Å². The standard InChI is InChI=1S/C20H28N4O4/c1-2-21-18(25)12-22-19(26)14-24-13-17(20(27)23-10-6-3-7-11-23)28-16-9-5-4-8-15(16)24/h4-5,8-9,17H,2-3,6-7,10-14H2,1H3,(H,21,25)(H,22,26)/t17-/m1/s1. The predicted molar refractivity (Wildman–Crippen MR) is 105 cm³/mol. The van der Waals surface area contributed by atoms with E-state index >= 15 is 0 Å². The van der Waals surface area contributed by atoms with E-state index in [1.165, 1.54) is 0 Å². The number of nitrogens with one attached hydrogen (secondary N) is 2. The van der Waals surface area contributed by atoms with Crippen molar-refractivity contribution in [3.8, 4) is 5.75 Å². The summed E-state index contributed by atoms with van der Waals surface area (Å²) in [5, 5.41) is 5.27. The third kappa shape index (κ3) is 4.94. The van der Waals surface area contributed by atoms with Crippen molar-refractivity contribution < 1.29 is 19.1 Å². The van der Waals surface area contributed by atoms with E-state index in [4.69, 9.17) is 4.74 Å². The summed E-state index contributed by atoms with van der Waals surface area (Å²) in [7, 11) is 0. The fraction of sp³-hybridized carbons (Fsp3) is 0.550. The number of carbonyl (C=O) groups excluding carboxylic acids is 3. The molecular formula is C20H28N4O4. The van der Waals surface area contributed by atoms with E-state index in [-0.39, 0.29) is 30.8 Å². The number of likely N-dealkylation sites (tertiary alicyclic amines) is 1. The maximum atomic E-state index is 12.9. The van der Waals surface area contributed by atoms with Crippen LogP contribution < -0.4 is 20.3 Å². The van der Waals surface area contributed by atoms with Gasteiger partial charge in [-0.25, -0.2) is 0 Å². The quantitative estimate of drug-likeness (QED) is 0.741. The predicted octanol–water partition coefficient (Wildman–Crippen LogP) is 0.519. The van der Waals surface area contributed by atoms with Gasteiger partial charge in [-0.15, -0.1) is 0 Å². The Morgan fingerprint density at radius 2 is 1.82 bits per heavy atom. The van der Waals surface area contributed by atoms with Crippen molar-refractivity contribution in [2.75, 3.05) is 44.2 Å². The minimum Gasteiger partial charge on any atom is -0.477 e. The van der Waals surface area contributed by atoms with E-state index in [0.717, 1.165) is 38.0 Å². The van der Waals surface area contributed by atoms with Crippen molar-refractivity contribution >= 4 is 23.4 Å². The monoisotopic (exact) mass is 388 g/mol. The second-order valence-corrected chi connectivity index (χ2v) is 7.07. The molecule has 1 saturated heterocycles. The molecule has 0 aromatic heterocycles. The van der Waals surface area contributed by atoms with Gasteiger partial charge in [-0.1, -0.05) is 12.1 Å². The van der Waals surface area contributed by atoms with Crippen LogP contribution in [0.2, 0.25) is 0 Å². The minimum atomic E-state index is -0.635. The van der Waals surface area contributed by atoms with Gasteiger partial charge in [0.25, 0.3) is 5.91 Å². The highest BCUT2D eigenvalue weighted by atomic mass is 16.5. The van der Waals surface area contributed by atoms with Gasteiger partial charge in [-0.3, -0.25) is 14.4 Å². The lowest BCUT2D eigenvalue weighted by molar-refractivity contribution is -0.139. The zero-order valence-corrected chi connectivity index (χ0v) is 16.3. The topological polar surface area (TPSA) is 91.0 Å². The average Bonchev–Trinajstić information content (AvgIpc) is 2.72. The zero-order chi connectivity index (χ0) is 19.9. The molecule has 0 spiro atoms. The summed E-state index contributed by atoms with van der Waals surface area (Å²) >= 11 is 0. The number of hydrogen-bond acceptors (Lipinski definition) is 5. The van der Waals surface area contributed by atoms with Crippen LogP contribution in [0.25, 0.3) is 0 Å². The lowest BCUT2D eigenvalue weighted by atomic mass is 10.1. The third-order valence-electron chi connectivity index (χ3n) is 4.96. The number of anilines is 1. The summed E-state index contributed by atoms with van der Waals surface area (Å²) in [4.78, 5) is 40.5. The molecule has 0 bridgehead atoms. The number of carbonyl (C=O) groups is 3. The molecule has 0 aliphatic carbocycles. The van der Waals surface area contributed by atoms with E-state index in [1.807, 2.05) is 41.0 Å². The second kappa shape index (κ2) is 9.43. The molecule has 3 rings (SSSR count).